The van der Waals surface area contributed by atoms with E-state index < -0.39 is 47.6 Å². The first kappa shape index (κ1) is 34.9. The lowest BCUT2D eigenvalue weighted by Crippen LogP contribution is -2.73. The first-order valence-corrected chi connectivity index (χ1v) is 17.8. The number of carbonyl (C=O) groups is 3. The average Bonchev–Trinajstić information content (AvgIpc) is 3.59. The number of aliphatic hydroxyl groups is 1. The lowest BCUT2D eigenvalue weighted by Gasteiger charge is -2.50. The summed E-state index contributed by atoms with van der Waals surface area (Å²) in [5, 5.41) is 22.6. The number of thiazole rings is 1. The van der Waals surface area contributed by atoms with Crippen LogP contribution in [0.2, 0.25) is 0 Å². The molecule has 6 rings (SSSR count). The summed E-state index contributed by atoms with van der Waals surface area (Å²) in [5.74, 6) is -1.51. The highest BCUT2D eigenvalue weighted by Crippen LogP contribution is 2.42. The Kier molecular flexibility index (Phi) is 10.1. The number of fused-ring (bicyclic) bond motifs is 1. The van der Waals surface area contributed by atoms with Crippen LogP contribution in [0.4, 0.5) is 5.13 Å². The molecule has 50 heavy (non-hydrogen) atoms. The van der Waals surface area contributed by atoms with Crippen LogP contribution in [0, 0.1) is 0 Å². The van der Waals surface area contributed by atoms with Gasteiger partial charge in [-0.15, -0.1) is 23.1 Å². The third-order valence-corrected chi connectivity index (χ3v) is 10.2. The van der Waals surface area contributed by atoms with E-state index in [1.165, 1.54) is 35.1 Å². The van der Waals surface area contributed by atoms with E-state index in [0.29, 0.717) is 15.8 Å². The predicted molar refractivity (Wildman–Crippen MR) is 193 cm³/mol. The maximum Gasteiger partial charge on any atom is 0.356 e. The van der Waals surface area contributed by atoms with Crippen LogP contribution in [0.25, 0.3) is 0 Å². The van der Waals surface area contributed by atoms with Crippen LogP contribution in [0.15, 0.2) is 112 Å². The summed E-state index contributed by atoms with van der Waals surface area (Å²) >= 11 is 2.55. The van der Waals surface area contributed by atoms with Crippen molar-refractivity contribution in [2.24, 2.45) is 5.16 Å². The van der Waals surface area contributed by atoms with Crippen LogP contribution in [-0.4, -0.2) is 75.6 Å². The van der Waals surface area contributed by atoms with Gasteiger partial charge < -0.3 is 25.3 Å². The van der Waals surface area contributed by atoms with Gasteiger partial charge >= 0.3 is 5.97 Å². The minimum absolute atomic E-state index is 0.00101. The molecule has 258 valence electrons. The summed E-state index contributed by atoms with van der Waals surface area (Å²) in [6, 6.07) is 28.7. The minimum Gasteiger partial charge on any atom is -0.455 e. The van der Waals surface area contributed by atoms with Crippen LogP contribution in [0.3, 0.4) is 0 Å². The minimum atomic E-state index is -0.937. The number of hydrogen-bond acceptors (Lipinski definition) is 11. The SMILES string of the molecule is CON=C(C(=O)NC1C(=O)N2C(C(=O)OC(C)(C)C)=C(CO)SCC12)c1csc(NC(c2ccccc2)(c2ccccc2)c2ccccc2)n1. The molecule has 0 spiro atoms. The number of aromatic nitrogens is 1. The number of amides is 2. The van der Waals surface area contributed by atoms with E-state index >= 15 is 0 Å². The summed E-state index contributed by atoms with van der Waals surface area (Å²) in [7, 11) is 1.33. The van der Waals surface area contributed by atoms with Gasteiger partial charge in [0.15, 0.2) is 10.8 Å². The first-order chi connectivity index (χ1) is 24.1. The fourth-order valence-corrected chi connectivity index (χ4v) is 7.96. The molecule has 1 aromatic heterocycles. The van der Waals surface area contributed by atoms with Crippen LogP contribution >= 0.6 is 23.1 Å². The van der Waals surface area contributed by atoms with E-state index in [4.69, 9.17) is 14.6 Å². The number of ether oxygens (including phenoxy) is 1. The molecular formula is C37H37N5O6S2. The molecule has 1 saturated heterocycles. The van der Waals surface area contributed by atoms with Gasteiger partial charge in [0, 0.05) is 16.0 Å². The molecular weight excluding hydrogens is 675 g/mol. The van der Waals surface area contributed by atoms with Crippen molar-refractivity contribution < 1.29 is 29.1 Å². The average molecular weight is 712 g/mol. The van der Waals surface area contributed by atoms with Crippen LogP contribution in [0.5, 0.6) is 0 Å². The normalized spacial score (nSPS) is 17.8. The summed E-state index contributed by atoms with van der Waals surface area (Å²) in [5.41, 5.74) is 1.44. The Morgan fingerprint density at radius 1 is 0.960 bits per heavy atom. The molecule has 1 fully saturated rings. The molecule has 3 aromatic carbocycles. The van der Waals surface area contributed by atoms with E-state index in [2.05, 4.69) is 52.2 Å². The molecule has 3 N–H and O–H groups in total. The second-order valence-corrected chi connectivity index (χ2v) is 14.6. The van der Waals surface area contributed by atoms with Crippen molar-refractivity contribution in [1.29, 1.82) is 0 Å². The predicted octanol–water partition coefficient (Wildman–Crippen LogP) is 4.89. The monoisotopic (exact) mass is 711 g/mol. The number of aliphatic hydroxyl groups excluding tert-OH is 1. The number of β-lactam (4-membered cyclic amide) rings is 1. The Bertz CT molecular complexity index is 1830. The maximum atomic E-state index is 13.7. The van der Waals surface area contributed by atoms with E-state index in [9.17, 15) is 19.5 Å². The van der Waals surface area contributed by atoms with Gasteiger partial charge in [-0.05, 0) is 37.5 Å². The van der Waals surface area contributed by atoms with Gasteiger partial charge in [-0.3, -0.25) is 14.5 Å². The number of carbonyl (C=O) groups excluding carboxylic acids is 3. The smallest absolute Gasteiger partial charge is 0.356 e. The molecule has 0 radical (unpaired) electrons. The molecule has 0 saturated carbocycles. The highest BCUT2D eigenvalue weighted by molar-refractivity contribution is 8.03. The van der Waals surface area contributed by atoms with Crippen molar-refractivity contribution in [3.05, 3.63) is 129 Å². The third-order valence-electron chi connectivity index (χ3n) is 8.23. The molecule has 4 aromatic rings. The van der Waals surface area contributed by atoms with E-state index in [-0.39, 0.29) is 17.1 Å². The zero-order valence-corrected chi connectivity index (χ0v) is 29.6. The summed E-state index contributed by atoms with van der Waals surface area (Å²) in [4.78, 5) is 51.7. The Morgan fingerprint density at radius 3 is 2.02 bits per heavy atom. The Labute approximate surface area is 298 Å². The molecule has 0 bridgehead atoms. The van der Waals surface area contributed by atoms with Gasteiger partial charge in [0.1, 0.15) is 35.7 Å². The molecule has 2 aliphatic rings. The molecule has 0 aliphatic carbocycles. The highest BCUT2D eigenvalue weighted by atomic mass is 32.2. The van der Waals surface area contributed by atoms with Crippen LogP contribution in [-0.2, 0) is 29.5 Å². The fourth-order valence-electron chi connectivity index (χ4n) is 6.08. The van der Waals surface area contributed by atoms with Crippen molar-refractivity contribution in [1.82, 2.24) is 15.2 Å². The summed E-state index contributed by atoms with van der Waals surface area (Å²) < 4.78 is 5.52. The van der Waals surface area contributed by atoms with E-state index in [0.717, 1.165) is 16.7 Å². The van der Waals surface area contributed by atoms with Gasteiger partial charge in [-0.25, -0.2) is 9.78 Å². The van der Waals surface area contributed by atoms with Gasteiger partial charge in [-0.1, -0.05) is 96.2 Å². The Balaban J connectivity index is 1.27. The van der Waals surface area contributed by atoms with Crippen molar-refractivity contribution >= 4 is 51.7 Å². The number of nitrogens with zero attached hydrogens (tertiary/aromatic N) is 3. The molecule has 11 nitrogen and oxygen atoms in total. The molecule has 2 unspecified atom stereocenters. The summed E-state index contributed by atoms with van der Waals surface area (Å²) in [6.45, 7) is 4.75. The van der Waals surface area contributed by atoms with Crippen LogP contribution < -0.4 is 10.6 Å². The standard InChI is InChI=1S/C37H37N5O6S2/c1-36(2,3)48-34(46)31-28(20-43)49-22-27-30(33(45)42(27)31)39-32(44)29(41-47-4)26-21-50-35(38-26)40-37(23-14-8-5-9-15-23,24-16-10-6-11-17-24)25-18-12-7-13-19-25/h5-19,21,27,30,43H,20,22H2,1-4H3,(H,38,40)(H,39,44). The largest absolute Gasteiger partial charge is 0.455 e. The number of benzene rings is 3. The van der Waals surface area contributed by atoms with Crippen molar-refractivity contribution in [2.75, 3.05) is 24.8 Å². The highest BCUT2D eigenvalue weighted by Gasteiger charge is 2.54. The Hall–Kier alpha value is -4.98. The van der Waals surface area contributed by atoms with E-state index in [1.807, 2.05) is 54.6 Å². The zero-order chi connectivity index (χ0) is 35.5. The number of rotatable bonds is 11. The molecule has 2 aliphatic heterocycles. The number of oxime groups is 1. The lowest BCUT2D eigenvalue weighted by atomic mass is 9.77. The maximum absolute atomic E-state index is 13.7. The number of esters is 1. The van der Waals surface area contributed by atoms with Crippen molar-refractivity contribution in [3.8, 4) is 0 Å². The van der Waals surface area contributed by atoms with Crippen molar-refractivity contribution in [2.45, 2.75) is 44.0 Å². The number of thioether (sulfide) groups is 1. The molecule has 2 amide bonds. The topological polar surface area (TPSA) is 142 Å². The molecule has 13 heteroatoms. The zero-order valence-electron chi connectivity index (χ0n) is 28.0. The molecule has 3 heterocycles. The van der Waals surface area contributed by atoms with Gasteiger partial charge in [0.2, 0.25) is 0 Å². The van der Waals surface area contributed by atoms with Gasteiger partial charge in [0.25, 0.3) is 11.8 Å². The summed E-state index contributed by atoms with van der Waals surface area (Å²) in [6.07, 6.45) is 0. The number of hydrogen-bond donors (Lipinski definition) is 3. The first-order valence-electron chi connectivity index (χ1n) is 15.9. The molecule has 2 atom stereocenters. The second-order valence-electron chi connectivity index (χ2n) is 12.6. The van der Waals surface area contributed by atoms with E-state index in [1.54, 1.807) is 26.2 Å². The second kappa shape index (κ2) is 14.5. The number of anilines is 1. The van der Waals surface area contributed by atoms with Gasteiger partial charge in [-0.2, -0.15) is 0 Å². The van der Waals surface area contributed by atoms with Gasteiger partial charge in [0.05, 0.1) is 12.6 Å². The van der Waals surface area contributed by atoms with Crippen molar-refractivity contribution in [3.63, 3.8) is 0 Å². The third kappa shape index (κ3) is 6.76. The lowest BCUT2D eigenvalue weighted by molar-refractivity contribution is -0.160. The number of nitrogens with one attached hydrogen (secondary N) is 2. The quantitative estimate of drug-likeness (QED) is 0.0652. The van der Waals surface area contributed by atoms with Crippen LogP contribution in [0.1, 0.15) is 43.2 Å². The Morgan fingerprint density at radius 2 is 1.52 bits per heavy atom. The fraction of sp³-hybridized carbons (Fsp3) is 0.270.